The third-order valence-electron chi connectivity index (χ3n) is 0.0500. The Morgan fingerprint density at radius 3 is 1.18 bits per heavy atom. The standard InChI is InChI=1S/C2N2.Cr.H3N.2H2O.2O.H2S/c3-1-2-4;;;;;;;/h;;1H3;2*1H2;;;1H2/q;+2;;;;;;/p-2. The van der Waals surface area contributed by atoms with Crippen LogP contribution in [-0.4, -0.2) is 8.32 Å². The molecule has 0 aliphatic carbocycles. The van der Waals surface area contributed by atoms with Crippen molar-refractivity contribution in [3.63, 3.8) is 0 Å². The molecule has 0 rings (SSSR count). The molecule has 0 aromatic heterocycles. The molecule has 0 spiro atoms. The van der Waals surface area contributed by atoms with Crippen LogP contribution in [0.5, 0.6) is 0 Å². The molecule has 0 unspecified atom stereocenters. The maximum absolute atomic E-state index is 8.82. The zero-order chi connectivity index (χ0) is 7.91. The number of hydrogen-bond donors (Lipinski definition) is 3. The van der Waals surface area contributed by atoms with Crippen molar-refractivity contribution >= 4 is 13.5 Å². The molecule has 0 saturated carbocycles. The second-order valence-corrected chi connectivity index (χ2v) is 2.07. The normalized spacial score (nSPS) is 6.18. The minimum absolute atomic E-state index is 0. The second-order valence-electron chi connectivity index (χ2n) is 0.671. The van der Waals surface area contributed by atoms with Crippen LogP contribution in [-0.2, 0) is 21.2 Å². The first-order valence-electron chi connectivity index (χ1n) is 1.40. The molecule has 66 valence electrons. The Morgan fingerprint density at radius 1 is 1.09 bits per heavy atom. The first-order chi connectivity index (χ1) is 3.91. The number of hydrogen-bond acceptors (Lipinski definition) is 5. The Kier molecular flexibility index (Phi) is 24.6. The second kappa shape index (κ2) is 12.1. The summed E-state index contributed by atoms with van der Waals surface area (Å²) in [6.07, 6.45) is 0. The predicted molar refractivity (Wildman–Crippen MR) is 32.4 cm³/mol. The molecule has 0 aromatic carbocycles. The van der Waals surface area contributed by atoms with Gasteiger partial charge in [0.25, 0.3) is 0 Å². The molecule has 5 N–H and O–H groups in total. The van der Waals surface area contributed by atoms with E-state index in [1.54, 1.807) is 0 Å². The average molecular weight is 221 g/mol. The molecule has 0 aromatic rings. The van der Waals surface area contributed by atoms with Gasteiger partial charge in [0, 0.05) is 0 Å². The molecule has 0 saturated heterocycles. The van der Waals surface area contributed by atoms with Gasteiger partial charge in [-0.15, -0.1) is 0 Å². The fourth-order valence-electron chi connectivity index (χ4n) is 0. The van der Waals surface area contributed by atoms with Gasteiger partial charge in [0.2, 0.25) is 0 Å². The van der Waals surface area contributed by atoms with Crippen molar-refractivity contribution in [1.29, 1.82) is 10.5 Å². The van der Waals surface area contributed by atoms with Crippen LogP contribution < -0.4 is 6.15 Å². The summed E-state index contributed by atoms with van der Waals surface area (Å²) in [4.78, 5) is 0. The van der Waals surface area contributed by atoms with E-state index in [0.717, 1.165) is 0 Å². The number of rotatable bonds is 0. The van der Waals surface area contributed by atoms with Crippen LogP contribution in [0.3, 0.4) is 0 Å². The molecule has 0 aliphatic heterocycles. The van der Waals surface area contributed by atoms with E-state index in [1.165, 1.54) is 12.1 Å². The van der Waals surface area contributed by atoms with Crippen molar-refractivity contribution in [2.24, 2.45) is 0 Å². The summed E-state index contributed by atoms with van der Waals surface area (Å²) in [5.41, 5.74) is 0. The maximum atomic E-state index is 8.82. The van der Waals surface area contributed by atoms with Crippen molar-refractivity contribution in [2.75, 3.05) is 0 Å². The van der Waals surface area contributed by atoms with Crippen molar-refractivity contribution in [1.82, 2.24) is 6.15 Å². The predicted octanol–water partition coefficient (Wildman–Crippen LogP) is -1.05. The van der Waals surface area contributed by atoms with Crippen LogP contribution >= 0.6 is 13.5 Å². The van der Waals surface area contributed by atoms with E-state index >= 15 is 0 Å². The van der Waals surface area contributed by atoms with Crippen molar-refractivity contribution in [3.8, 4) is 12.1 Å². The van der Waals surface area contributed by atoms with Gasteiger partial charge in [0.15, 0.2) is 12.1 Å². The van der Waals surface area contributed by atoms with Crippen LogP contribution in [0.25, 0.3) is 0 Å². The fourth-order valence-corrected chi connectivity index (χ4v) is 0. The van der Waals surface area contributed by atoms with Gasteiger partial charge in [-0.3, -0.25) is 0 Å². The summed E-state index contributed by atoms with van der Waals surface area (Å²) in [6, 6.07) is 2.47. The molecule has 0 atom stereocenters. The summed E-state index contributed by atoms with van der Waals surface area (Å²) < 4.78 is 31.9. The minimum atomic E-state index is -5.25. The van der Waals surface area contributed by atoms with Crippen LogP contribution in [0.15, 0.2) is 0 Å². The molecule has 0 amide bonds. The molecule has 0 fully saturated rings. The third-order valence-corrected chi connectivity index (χ3v) is 0.0500. The molecular weight excluding hydrogens is 214 g/mol. The van der Waals surface area contributed by atoms with Crippen LogP contribution in [0.1, 0.15) is 0 Å². The zero-order valence-electron chi connectivity index (χ0n) is 5.22. The zero-order valence-corrected chi connectivity index (χ0v) is 7.50. The van der Waals surface area contributed by atoms with Gasteiger partial charge in [-0.1, -0.05) is 0 Å². The quantitative estimate of drug-likeness (QED) is 0.470. The summed E-state index contributed by atoms with van der Waals surface area (Å²) in [5.74, 6) is 0. The van der Waals surface area contributed by atoms with Crippen LogP contribution in [0.2, 0.25) is 0 Å². The van der Waals surface area contributed by atoms with E-state index in [-0.39, 0.29) is 19.6 Å². The summed E-state index contributed by atoms with van der Waals surface area (Å²) in [7, 11) is 0. The van der Waals surface area contributed by atoms with E-state index < -0.39 is 13.6 Å². The van der Waals surface area contributed by atoms with Crippen molar-refractivity contribution < 1.29 is 29.5 Å². The molecule has 11 heavy (non-hydrogen) atoms. The molecule has 0 radical (unpaired) electrons. The van der Waals surface area contributed by atoms with Gasteiger partial charge < -0.3 is 6.15 Å². The van der Waals surface area contributed by atoms with Crippen LogP contribution in [0.4, 0.5) is 0 Å². The molecular formula is C2H7CrN3O4S. The van der Waals surface area contributed by atoms with E-state index in [0.29, 0.717) is 0 Å². The van der Waals surface area contributed by atoms with E-state index in [2.05, 4.69) is 0 Å². The fraction of sp³-hybridized carbons (Fsp3) is 0. The Morgan fingerprint density at radius 2 is 1.18 bits per heavy atom. The number of nitrogens with zero attached hydrogens (tertiary/aromatic N) is 2. The third kappa shape index (κ3) is 4290. The molecule has 0 aliphatic rings. The Hall–Kier alpha value is -0.658. The van der Waals surface area contributed by atoms with E-state index in [1.807, 2.05) is 0 Å². The number of nitriles is 2. The van der Waals surface area contributed by atoms with E-state index in [9.17, 15) is 0 Å². The molecule has 0 heterocycles. The van der Waals surface area contributed by atoms with Gasteiger partial charge in [-0.2, -0.15) is 24.0 Å². The van der Waals surface area contributed by atoms with Crippen LogP contribution in [0, 0.1) is 22.7 Å². The monoisotopic (exact) mass is 221 g/mol. The van der Waals surface area contributed by atoms with Crippen molar-refractivity contribution in [3.05, 3.63) is 0 Å². The molecule has 7 nitrogen and oxygen atoms in total. The van der Waals surface area contributed by atoms with Gasteiger partial charge in [-0.05, 0) is 0 Å². The topological polar surface area (TPSA) is 157 Å². The van der Waals surface area contributed by atoms with Gasteiger partial charge in [-0.25, -0.2) is 0 Å². The summed E-state index contributed by atoms with van der Waals surface area (Å²) in [5, 5.41) is 14.5. The Balaban J connectivity index is -0.0000000383. The van der Waals surface area contributed by atoms with E-state index in [4.69, 9.17) is 26.4 Å². The van der Waals surface area contributed by atoms with Gasteiger partial charge in [0.1, 0.15) is 0 Å². The van der Waals surface area contributed by atoms with Gasteiger partial charge in [0.05, 0.1) is 0 Å². The molecule has 9 heteroatoms. The average Bonchev–Trinajstić information content (AvgIpc) is 1.61. The SMILES string of the molecule is N.N#CC#N.S.[O]=[Cr](=[O])([OH])[OH]. The summed E-state index contributed by atoms with van der Waals surface area (Å²) >= 11 is -5.25. The first kappa shape index (κ1) is 22.4. The van der Waals surface area contributed by atoms with Gasteiger partial charge >= 0.3 is 29.5 Å². The van der Waals surface area contributed by atoms with Crippen molar-refractivity contribution in [2.45, 2.75) is 0 Å². The molecule has 0 bridgehead atoms. The first-order valence-corrected chi connectivity index (χ1v) is 3.58. The Labute approximate surface area is 72.3 Å². The Bertz CT molecular complexity index is 215. The summed E-state index contributed by atoms with van der Waals surface area (Å²) in [6.45, 7) is 0.